The average Bonchev–Trinajstić information content (AvgIpc) is 2.39. The van der Waals surface area contributed by atoms with Gasteiger partial charge in [-0.05, 0) is 19.4 Å². The topological polar surface area (TPSA) is 42.4 Å². The maximum absolute atomic E-state index is 12.1. The third kappa shape index (κ3) is 3.19. The van der Waals surface area contributed by atoms with Crippen molar-refractivity contribution in [2.75, 3.05) is 18.6 Å². The molecular weight excluding hydrogens is 216 g/mol. The van der Waals surface area contributed by atoms with Gasteiger partial charge in [-0.25, -0.2) is 4.98 Å². The van der Waals surface area contributed by atoms with Crippen LogP contribution < -0.4 is 9.64 Å². The number of ether oxygens (including phenoxy) is 1. The van der Waals surface area contributed by atoms with Gasteiger partial charge in [0.15, 0.2) is 0 Å². The number of carbonyl (C=O) groups is 1. The highest BCUT2D eigenvalue weighted by Crippen LogP contribution is 2.19. The van der Waals surface area contributed by atoms with Crippen LogP contribution in [0.15, 0.2) is 18.3 Å². The van der Waals surface area contributed by atoms with Gasteiger partial charge in [-0.1, -0.05) is 13.8 Å². The quantitative estimate of drug-likeness (QED) is 0.788. The SMILES string of the molecule is CC[C@H](C)C(=O)N(CC)c1ccc(OC)nc1. The lowest BCUT2D eigenvalue weighted by Crippen LogP contribution is -2.34. The van der Waals surface area contributed by atoms with Gasteiger partial charge in [0.1, 0.15) is 0 Å². The fourth-order valence-electron chi connectivity index (χ4n) is 1.56. The molecule has 1 heterocycles. The summed E-state index contributed by atoms with van der Waals surface area (Å²) < 4.78 is 5.00. The summed E-state index contributed by atoms with van der Waals surface area (Å²) in [7, 11) is 1.57. The first-order valence-electron chi connectivity index (χ1n) is 5.95. The Labute approximate surface area is 103 Å². The molecule has 0 bridgehead atoms. The predicted molar refractivity (Wildman–Crippen MR) is 68.3 cm³/mol. The lowest BCUT2D eigenvalue weighted by Gasteiger charge is -2.23. The summed E-state index contributed by atoms with van der Waals surface area (Å²) in [5, 5.41) is 0. The maximum atomic E-state index is 12.1. The van der Waals surface area contributed by atoms with Crippen LogP contribution in [0.4, 0.5) is 5.69 Å². The minimum atomic E-state index is 0.0389. The van der Waals surface area contributed by atoms with Crippen LogP contribution in [0.25, 0.3) is 0 Å². The van der Waals surface area contributed by atoms with Crippen LogP contribution in [-0.4, -0.2) is 24.5 Å². The lowest BCUT2D eigenvalue weighted by atomic mass is 10.1. The Bertz CT molecular complexity index is 362. The molecule has 1 atom stereocenters. The lowest BCUT2D eigenvalue weighted by molar-refractivity contribution is -0.121. The summed E-state index contributed by atoms with van der Waals surface area (Å²) in [4.78, 5) is 18.0. The summed E-state index contributed by atoms with van der Waals surface area (Å²) in [5.74, 6) is 0.736. The largest absolute Gasteiger partial charge is 0.481 e. The number of amides is 1. The standard InChI is InChI=1S/C13H20N2O2/c1-5-10(3)13(16)15(6-2)11-7-8-12(17-4)14-9-11/h7-10H,5-6H2,1-4H3/t10-/m0/s1. The number of anilines is 1. The van der Waals surface area contributed by atoms with Crippen LogP contribution in [-0.2, 0) is 4.79 Å². The number of methoxy groups -OCH3 is 1. The number of carbonyl (C=O) groups excluding carboxylic acids is 1. The molecule has 1 amide bonds. The van der Waals surface area contributed by atoms with Gasteiger partial charge in [0.2, 0.25) is 11.8 Å². The Balaban J connectivity index is 2.89. The highest BCUT2D eigenvalue weighted by Gasteiger charge is 2.19. The molecule has 0 spiro atoms. The van der Waals surface area contributed by atoms with E-state index < -0.39 is 0 Å². The summed E-state index contributed by atoms with van der Waals surface area (Å²) in [6, 6.07) is 3.62. The van der Waals surface area contributed by atoms with Crippen molar-refractivity contribution in [3.05, 3.63) is 18.3 Å². The molecule has 0 aliphatic heterocycles. The van der Waals surface area contributed by atoms with Crippen molar-refractivity contribution < 1.29 is 9.53 Å². The average molecular weight is 236 g/mol. The fraction of sp³-hybridized carbons (Fsp3) is 0.538. The van der Waals surface area contributed by atoms with E-state index in [9.17, 15) is 4.79 Å². The van der Waals surface area contributed by atoms with Gasteiger partial charge in [-0.2, -0.15) is 0 Å². The molecule has 1 aromatic heterocycles. The molecule has 0 unspecified atom stereocenters. The zero-order valence-corrected chi connectivity index (χ0v) is 10.9. The van der Waals surface area contributed by atoms with E-state index >= 15 is 0 Å². The van der Waals surface area contributed by atoms with Crippen molar-refractivity contribution in [3.8, 4) is 5.88 Å². The van der Waals surface area contributed by atoms with Gasteiger partial charge in [0.25, 0.3) is 0 Å². The molecule has 4 nitrogen and oxygen atoms in total. The van der Waals surface area contributed by atoms with Crippen LogP contribution >= 0.6 is 0 Å². The van der Waals surface area contributed by atoms with Crippen LogP contribution in [0.2, 0.25) is 0 Å². The molecule has 1 rings (SSSR count). The third-order valence-corrected chi connectivity index (χ3v) is 2.86. The second-order valence-electron chi connectivity index (χ2n) is 3.95. The van der Waals surface area contributed by atoms with Gasteiger partial charge in [0.05, 0.1) is 19.0 Å². The molecule has 0 aliphatic rings. The first kappa shape index (κ1) is 13.5. The molecular formula is C13H20N2O2. The number of hydrogen-bond donors (Lipinski definition) is 0. The van der Waals surface area contributed by atoms with Gasteiger partial charge < -0.3 is 9.64 Å². The minimum absolute atomic E-state index is 0.0389. The first-order valence-corrected chi connectivity index (χ1v) is 5.95. The smallest absolute Gasteiger partial charge is 0.229 e. The molecule has 1 aromatic rings. The van der Waals surface area contributed by atoms with E-state index in [1.165, 1.54) is 0 Å². The molecule has 0 fully saturated rings. The molecule has 0 radical (unpaired) electrons. The second-order valence-corrected chi connectivity index (χ2v) is 3.95. The van der Waals surface area contributed by atoms with E-state index in [0.29, 0.717) is 12.4 Å². The molecule has 0 aromatic carbocycles. The highest BCUT2D eigenvalue weighted by molar-refractivity contribution is 5.94. The zero-order valence-electron chi connectivity index (χ0n) is 10.9. The fourth-order valence-corrected chi connectivity index (χ4v) is 1.56. The second kappa shape index (κ2) is 6.23. The predicted octanol–water partition coefficient (Wildman–Crippen LogP) is 2.49. The van der Waals surface area contributed by atoms with Crippen molar-refractivity contribution in [3.63, 3.8) is 0 Å². The number of pyridine rings is 1. The molecule has 0 saturated heterocycles. The Hall–Kier alpha value is -1.58. The van der Waals surface area contributed by atoms with Crippen molar-refractivity contribution >= 4 is 11.6 Å². The summed E-state index contributed by atoms with van der Waals surface area (Å²) >= 11 is 0. The maximum Gasteiger partial charge on any atom is 0.229 e. The molecule has 0 saturated carbocycles. The van der Waals surface area contributed by atoms with E-state index in [-0.39, 0.29) is 11.8 Å². The summed E-state index contributed by atoms with van der Waals surface area (Å²) in [6.07, 6.45) is 2.52. The van der Waals surface area contributed by atoms with Gasteiger partial charge in [0, 0.05) is 18.5 Å². The van der Waals surface area contributed by atoms with Crippen molar-refractivity contribution in [2.45, 2.75) is 27.2 Å². The Morgan fingerprint density at radius 3 is 2.59 bits per heavy atom. The number of nitrogens with zero attached hydrogens (tertiary/aromatic N) is 2. The number of aromatic nitrogens is 1. The first-order chi connectivity index (χ1) is 8.13. The van der Waals surface area contributed by atoms with Gasteiger partial charge in [-0.3, -0.25) is 4.79 Å². The normalized spacial score (nSPS) is 12.0. The van der Waals surface area contributed by atoms with E-state index in [1.807, 2.05) is 26.8 Å². The number of rotatable bonds is 5. The van der Waals surface area contributed by atoms with Gasteiger partial charge in [-0.15, -0.1) is 0 Å². The molecule has 4 heteroatoms. The van der Waals surface area contributed by atoms with Gasteiger partial charge >= 0.3 is 0 Å². The summed E-state index contributed by atoms with van der Waals surface area (Å²) in [5.41, 5.74) is 0.818. The van der Waals surface area contributed by atoms with E-state index in [0.717, 1.165) is 12.1 Å². The van der Waals surface area contributed by atoms with E-state index in [1.54, 1.807) is 24.3 Å². The monoisotopic (exact) mass is 236 g/mol. The third-order valence-electron chi connectivity index (χ3n) is 2.86. The summed E-state index contributed by atoms with van der Waals surface area (Å²) in [6.45, 7) is 6.58. The van der Waals surface area contributed by atoms with Crippen molar-refractivity contribution in [1.29, 1.82) is 0 Å². The van der Waals surface area contributed by atoms with Crippen LogP contribution in [0.1, 0.15) is 27.2 Å². The van der Waals surface area contributed by atoms with Crippen molar-refractivity contribution in [2.24, 2.45) is 5.92 Å². The Morgan fingerprint density at radius 2 is 2.18 bits per heavy atom. The van der Waals surface area contributed by atoms with Crippen molar-refractivity contribution in [1.82, 2.24) is 4.98 Å². The van der Waals surface area contributed by atoms with E-state index in [2.05, 4.69) is 4.98 Å². The molecule has 0 N–H and O–H groups in total. The molecule has 17 heavy (non-hydrogen) atoms. The van der Waals surface area contributed by atoms with Crippen LogP contribution in [0, 0.1) is 5.92 Å². The Morgan fingerprint density at radius 1 is 1.47 bits per heavy atom. The van der Waals surface area contributed by atoms with E-state index in [4.69, 9.17) is 4.74 Å². The minimum Gasteiger partial charge on any atom is -0.481 e. The molecule has 94 valence electrons. The van der Waals surface area contributed by atoms with Crippen LogP contribution in [0.5, 0.6) is 5.88 Å². The number of hydrogen-bond acceptors (Lipinski definition) is 3. The Kier molecular flexibility index (Phi) is 4.94. The highest BCUT2D eigenvalue weighted by atomic mass is 16.5. The van der Waals surface area contributed by atoms with Crippen LogP contribution in [0.3, 0.4) is 0 Å². The molecule has 0 aliphatic carbocycles. The zero-order chi connectivity index (χ0) is 12.8.